The quantitative estimate of drug-likeness (QED) is 0.363. The van der Waals surface area contributed by atoms with Gasteiger partial charge in [-0.25, -0.2) is 4.79 Å². The Morgan fingerprint density at radius 3 is 2.18 bits per heavy atom. The number of hydrogen-bond acceptors (Lipinski definition) is 5. The van der Waals surface area contributed by atoms with Gasteiger partial charge in [0.05, 0.1) is 6.04 Å². The predicted molar refractivity (Wildman–Crippen MR) is 140 cm³/mol. The Morgan fingerprint density at radius 1 is 1.03 bits per heavy atom. The Bertz CT molecular complexity index is 1340. The van der Waals surface area contributed by atoms with Crippen molar-refractivity contribution in [2.24, 2.45) is 5.92 Å². The number of nitrogens with zero attached hydrogens (tertiary/aromatic N) is 1. The molecule has 0 saturated heterocycles. The number of halogens is 3. The molecule has 39 heavy (non-hydrogen) atoms. The molecule has 1 aromatic heterocycles. The number of ether oxygens (including phenoxy) is 1. The van der Waals surface area contributed by atoms with E-state index in [1.807, 2.05) is 6.07 Å². The fourth-order valence-electron chi connectivity index (χ4n) is 4.00. The van der Waals surface area contributed by atoms with Crippen LogP contribution in [-0.4, -0.2) is 40.0 Å². The van der Waals surface area contributed by atoms with Gasteiger partial charge in [0.1, 0.15) is 18.8 Å². The van der Waals surface area contributed by atoms with Crippen molar-refractivity contribution in [2.75, 3.05) is 5.32 Å². The molecule has 11 heteroatoms. The first-order valence-electron chi connectivity index (χ1n) is 12.2. The Morgan fingerprint density at radius 2 is 1.62 bits per heavy atom. The van der Waals surface area contributed by atoms with Crippen LogP contribution >= 0.6 is 0 Å². The normalized spacial score (nSPS) is 13.0. The minimum Gasteiger partial charge on any atom is -0.444 e. The first-order valence-corrected chi connectivity index (χ1v) is 12.2. The lowest BCUT2D eigenvalue weighted by atomic mass is 9.98. The smallest absolute Gasteiger partial charge is 0.416 e. The number of nitrogens with one attached hydrogen (secondary N) is 2. The zero-order valence-corrected chi connectivity index (χ0v) is 21.7. The maximum atomic E-state index is 13.3. The third kappa shape index (κ3) is 7.70. The lowest BCUT2D eigenvalue weighted by molar-refractivity contribution is -0.215. The third-order valence-corrected chi connectivity index (χ3v) is 6.12. The van der Waals surface area contributed by atoms with Crippen LogP contribution in [0.1, 0.15) is 25.1 Å². The van der Waals surface area contributed by atoms with Gasteiger partial charge in [-0.15, -0.1) is 0 Å². The van der Waals surface area contributed by atoms with Crippen LogP contribution in [0.3, 0.4) is 0 Å². The molecule has 0 aliphatic heterocycles. The molecule has 0 fully saturated rings. The molecule has 0 aliphatic rings. The molecule has 2 atom stereocenters. The number of pyridine rings is 1. The Labute approximate surface area is 223 Å². The first kappa shape index (κ1) is 29.4. The average Bonchev–Trinajstić information content (AvgIpc) is 2.90. The van der Waals surface area contributed by atoms with E-state index in [9.17, 15) is 32.7 Å². The number of aromatic nitrogens is 1. The van der Waals surface area contributed by atoms with Crippen molar-refractivity contribution in [1.82, 2.24) is 9.88 Å². The number of aliphatic hydroxyl groups excluding tert-OH is 1. The van der Waals surface area contributed by atoms with Gasteiger partial charge >= 0.3 is 12.3 Å². The van der Waals surface area contributed by atoms with E-state index in [-0.39, 0.29) is 12.3 Å². The molecule has 0 saturated carbocycles. The SMILES string of the molecule is Cc1c(-c2ccccc2)cc(NC(=O)OCc2ccccc2)c(=O)n1CC(=O)NC(C(C)C)C(O)C(F)(F)F. The maximum absolute atomic E-state index is 13.3. The van der Waals surface area contributed by atoms with E-state index < -0.39 is 48.3 Å². The van der Waals surface area contributed by atoms with Gasteiger partial charge in [-0.1, -0.05) is 74.5 Å². The van der Waals surface area contributed by atoms with Gasteiger partial charge in [0.15, 0.2) is 6.10 Å². The van der Waals surface area contributed by atoms with E-state index in [2.05, 4.69) is 10.6 Å². The van der Waals surface area contributed by atoms with Crippen molar-refractivity contribution >= 4 is 17.7 Å². The lowest BCUT2D eigenvalue weighted by Crippen LogP contribution is -2.53. The van der Waals surface area contributed by atoms with Gasteiger partial charge in [-0.3, -0.25) is 14.9 Å². The summed E-state index contributed by atoms with van der Waals surface area (Å²) in [6, 6.07) is 17.6. The summed E-state index contributed by atoms with van der Waals surface area (Å²) in [5, 5.41) is 14.4. The van der Waals surface area contributed by atoms with Crippen molar-refractivity contribution in [1.29, 1.82) is 0 Å². The van der Waals surface area contributed by atoms with E-state index >= 15 is 0 Å². The number of aliphatic hydroxyl groups is 1. The molecule has 0 radical (unpaired) electrons. The van der Waals surface area contributed by atoms with Crippen LogP contribution in [0.5, 0.6) is 0 Å². The number of carbonyl (C=O) groups excluding carboxylic acids is 2. The van der Waals surface area contributed by atoms with Crippen LogP contribution in [0, 0.1) is 12.8 Å². The third-order valence-electron chi connectivity index (χ3n) is 6.12. The second-order valence-corrected chi connectivity index (χ2v) is 9.32. The van der Waals surface area contributed by atoms with Crippen LogP contribution in [-0.2, 0) is 22.7 Å². The monoisotopic (exact) mass is 545 g/mol. The molecular formula is C28H30F3N3O5. The second-order valence-electron chi connectivity index (χ2n) is 9.32. The summed E-state index contributed by atoms with van der Waals surface area (Å²) in [6.45, 7) is 3.75. The van der Waals surface area contributed by atoms with Gasteiger partial charge in [0.2, 0.25) is 5.91 Å². The molecule has 0 spiro atoms. The first-order chi connectivity index (χ1) is 18.4. The molecule has 0 bridgehead atoms. The number of rotatable bonds is 9. The molecule has 2 unspecified atom stereocenters. The highest BCUT2D eigenvalue weighted by molar-refractivity contribution is 5.86. The minimum absolute atomic E-state index is 0.0429. The van der Waals surface area contributed by atoms with Crippen LogP contribution < -0.4 is 16.2 Å². The van der Waals surface area contributed by atoms with E-state index in [1.165, 1.54) is 19.9 Å². The molecule has 3 aromatic rings. The number of anilines is 1. The van der Waals surface area contributed by atoms with Gasteiger partial charge in [-0.2, -0.15) is 13.2 Å². The molecule has 0 aliphatic carbocycles. The van der Waals surface area contributed by atoms with Crippen LogP contribution in [0.15, 0.2) is 71.5 Å². The maximum Gasteiger partial charge on any atom is 0.416 e. The molecule has 3 N–H and O–H groups in total. The largest absolute Gasteiger partial charge is 0.444 e. The molecule has 1 heterocycles. The number of amides is 2. The van der Waals surface area contributed by atoms with Crippen LogP contribution in [0.25, 0.3) is 11.1 Å². The van der Waals surface area contributed by atoms with Gasteiger partial charge in [0.25, 0.3) is 5.56 Å². The predicted octanol–water partition coefficient (Wildman–Crippen LogP) is 4.64. The van der Waals surface area contributed by atoms with E-state index in [0.717, 1.165) is 10.1 Å². The average molecular weight is 546 g/mol. The fraction of sp³-hybridized carbons (Fsp3) is 0.321. The highest BCUT2D eigenvalue weighted by atomic mass is 19.4. The van der Waals surface area contributed by atoms with Crippen molar-refractivity contribution in [3.8, 4) is 11.1 Å². The molecular weight excluding hydrogens is 515 g/mol. The molecule has 208 valence electrons. The highest BCUT2D eigenvalue weighted by Gasteiger charge is 2.45. The fourth-order valence-corrected chi connectivity index (χ4v) is 4.00. The molecule has 8 nitrogen and oxygen atoms in total. The second kappa shape index (κ2) is 12.6. The number of alkyl halides is 3. The highest BCUT2D eigenvalue weighted by Crippen LogP contribution is 2.26. The van der Waals surface area contributed by atoms with Crippen LogP contribution in [0.2, 0.25) is 0 Å². The summed E-state index contributed by atoms with van der Waals surface area (Å²) >= 11 is 0. The zero-order chi connectivity index (χ0) is 28.7. The minimum atomic E-state index is -4.95. The Hall–Kier alpha value is -4.12. The van der Waals surface area contributed by atoms with Gasteiger partial charge in [0, 0.05) is 11.3 Å². The van der Waals surface area contributed by atoms with Crippen molar-refractivity contribution < 1.29 is 32.6 Å². The standard InChI is InChI=1S/C28H30F3N3O5/c1-17(2)24(25(36)28(29,30)31)33-23(35)15-34-18(3)21(20-12-8-5-9-13-20)14-22(26(34)37)32-27(38)39-16-19-10-6-4-7-11-19/h4-14,17,24-25,36H,15-16H2,1-3H3,(H,32,38)(H,33,35). The summed E-state index contributed by atoms with van der Waals surface area (Å²) < 4.78 is 45.7. The summed E-state index contributed by atoms with van der Waals surface area (Å²) in [4.78, 5) is 38.7. The van der Waals surface area contributed by atoms with Gasteiger partial charge < -0.3 is 19.7 Å². The molecule has 2 amide bonds. The lowest BCUT2D eigenvalue weighted by Gasteiger charge is -2.29. The molecule has 3 rings (SSSR count). The van der Waals surface area contributed by atoms with Gasteiger partial charge in [-0.05, 0) is 30.0 Å². The Kier molecular flexibility index (Phi) is 9.52. The summed E-state index contributed by atoms with van der Waals surface area (Å²) in [7, 11) is 0. The van der Waals surface area contributed by atoms with E-state index in [1.54, 1.807) is 61.5 Å². The van der Waals surface area contributed by atoms with Crippen molar-refractivity contribution in [3.05, 3.63) is 88.3 Å². The topological polar surface area (TPSA) is 110 Å². The Balaban J connectivity index is 1.91. The van der Waals surface area contributed by atoms with Crippen molar-refractivity contribution in [2.45, 2.75) is 52.2 Å². The van der Waals surface area contributed by atoms with Crippen molar-refractivity contribution in [3.63, 3.8) is 0 Å². The molecule has 2 aromatic carbocycles. The number of benzene rings is 2. The number of carbonyl (C=O) groups is 2. The zero-order valence-electron chi connectivity index (χ0n) is 21.7. The summed E-state index contributed by atoms with van der Waals surface area (Å²) in [6.07, 6.45) is -8.63. The summed E-state index contributed by atoms with van der Waals surface area (Å²) in [5.74, 6) is -1.67. The summed E-state index contributed by atoms with van der Waals surface area (Å²) in [5.41, 5.74) is 1.34. The van der Waals surface area contributed by atoms with E-state index in [4.69, 9.17) is 4.74 Å². The van der Waals surface area contributed by atoms with Crippen LogP contribution in [0.4, 0.5) is 23.7 Å². The van der Waals surface area contributed by atoms with E-state index in [0.29, 0.717) is 16.8 Å². The number of hydrogen-bond donors (Lipinski definition) is 3.